The first-order chi connectivity index (χ1) is 8.20. The van der Waals surface area contributed by atoms with Crippen LogP contribution in [-0.4, -0.2) is 21.1 Å². The number of rotatable bonds is 3. The van der Waals surface area contributed by atoms with E-state index in [-0.39, 0.29) is 0 Å². The second-order valence-electron chi connectivity index (χ2n) is 4.27. The van der Waals surface area contributed by atoms with Gasteiger partial charge in [0.1, 0.15) is 0 Å². The Bertz CT molecular complexity index is 469. The lowest BCUT2D eigenvalue weighted by Gasteiger charge is -2.12. The molecule has 17 heavy (non-hydrogen) atoms. The molecule has 0 bridgehead atoms. The van der Waals surface area contributed by atoms with Gasteiger partial charge >= 0.3 is 0 Å². The van der Waals surface area contributed by atoms with Gasteiger partial charge in [-0.15, -0.1) is 0 Å². The van der Waals surface area contributed by atoms with Crippen LogP contribution in [0.15, 0.2) is 48.5 Å². The maximum atomic E-state index is 3.12. The van der Waals surface area contributed by atoms with Gasteiger partial charge in [0, 0.05) is 32.5 Å². The van der Waals surface area contributed by atoms with E-state index in [9.17, 15) is 0 Å². The average molecular weight is 226 g/mol. The molecule has 0 heterocycles. The van der Waals surface area contributed by atoms with Gasteiger partial charge in [0.2, 0.25) is 0 Å². The number of hydrogen-bond donors (Lipinski definition) is 1. The van der Waals surface area contributed by atoms with Crippen LogP contribution in [0.1, 0.15) is 0 Å². The Morgan fingerprint density at radius 1 is 0.765 bits per heavy atom. The molecule has 0 saturated heterocycles. The normalized spacial score (nSPS) is 10.1. The predicted octanol–water partition coefficient (Wildman–Crippen LogP) is 3.46. The molecule has 2 aromatic rings. The van der Waals surface area contributed by atoms with E-state index in [1.807, 2.05) is 7.05 Å². The van der Waals surface area contributed by atoms with Crippen molar-refractivity contribution in [2.45, 2.75) is 0 Å². The van der Waals surface area contributed by atoms with Crippen molar-refractivity contribution >= 4 is 11.4 Å². The maximum absolute atomic E-state index is 3.12. The van der Waals surface area contributed by atoms with Crippen molar-refractivity contribution in [2.24, 2.45) is 0 Å². The van der Waals surface area contributed by atoms with E-state index in [1.165, 1.54) is 16.8 Å². The van der Waals surface area contributed by atoms with Crippen LogP contribution in [0.3, 0.4) is 0 Å². The molecule has 2 rings (SSSR count). The lowest BCUT2D eigenvalue weighted by atomic mass is 10.0. The highest BCUT2D eigenvalue weighted by molar-refractivity contribution is 5.68. The van der Waals surface area contributed by atoms with Gasteiger partial charge in [-0.05, 0) is 35.4 Å². The second-order valence-corrected chi connectivity index (χ2v) is 4.27. The summed E-state index contributed by atoms with van der Waals surface area (Å²) in [6.07, 6.45) is 0. The minimum Gasteiger partial charge on any atom is -0.388 e. The first-order valence-electron chi connectivity index (χ1n) is 5.76. The van der Waals surface area contributed by atoms with Gasteiger partial charge in [0.05, 0.1) is 0 Å². The van der Waals surface area contributed by atoms with E-state index in [0.29, 0.717) is 0 Å². The highest BCUT2D eigenvalue weighted by Crippen LogP contribution is 2.23. The number of hydrogen-bond acceptors (Lipinski definition) is 2. The lowest BCUT2D eigenvalue weighted by Crippen LogP contribution is -2.07. The zero-order valence-corrected chi connectivity index (χ0v) is 10.6. The molecular formula is C15H18N2. The van der Waals surface area contributed by atoms with Crippen molar-refractivity contribution in [3.63, 3.8) is 0 Å². The second kappa shape index (κ2) is 4.91. The molecule has 0 saturated carbocycles. The van der Waals surface area contributed by atoms with Crippen molar-refractivity contribution in [1.29, 1.82) is 0 Å². The molecule has 0 amide bonds. The molecule has 88 valence electrons. The third-order valence-corrected chi connectivity index (χ3v) is 2.89. The standard InChI is InChI=1S/C15H18N2/c1-16-14-8-4-12(5-9-14)13-6-10-15(11-7-13)17(2)3/h4-11,16H,1-3H3. The summed E-state index contributed by atoms with van der Waals surface area (Å²) in [5.74, 6) is 0. The van der Waals surface area contributed by atoms with E-state index in [2.05, 4.69) is 72.8 Å². The fourth-order valence-corrected chi connectivity index (χ4v) is 1.78. The molecule has 0 fully saturated rings. The Balaban J connectivity index is 2.26. The summed E-state index contributed by atoms with van der Waals surface area (Å²) in [6, 6.07) is 17.0. The first-order valence-corrected chi connectivity index (χ1v) is 5.76. The zero-order valence-electron chi connectivity index (χ0n) is 10.6. The number of nitrogens with zero attached hydrogens (tertiary/aromatic N) is 1. The van der Waals surface area contributed by atoms with Crippen molar-refractivity contribution in [3.05, 3.63) is 48.5 Å². The van der Waals surface area contributed by atoms with Crippen molar-refractivity contribution in [3.8, 4) is 11.1 Å². The van der Waals surface area contributed by atoms with Crippen LogP contribution in [0.25, 0.3) is 11.1 Å². The Labute approximate surface area is 103 Å². The van der Waals surface area contributed by atoms with Crippen LogP contribution in [0.5, 0.6) is 0 Å². The molecular weight excluding hydrogens is 208 g/mol. The fourth-order valence-electron chi connectivity index (χ4n) is 1.78. The van der Waals surface area contributed by atoms with Crippen molar-refractivity contribution in [2.75, 3.05) is 31.4 Å². The van der Waals surface area contributed by atoms with Crippen LogP contribution in [0.4, 0.5) is 11.4 Å². The van der Waals surface area contributed by atoms with E-state index >= 15 is 0 Å². The summed E-state index contributed by atoms with van der Waals surface area (Å²) in [5.41, 5.74) is 4.85. The molecule has 2 heteroatoms. The van der Waals surface area contributed by atoms with Gasteiger partial charge in [-0.25, -0.2) is 0 Å². The molecule has 2 nitrogen and oxygen atoms in total. The molecule has 0 spiro atoms. The quantitative estimate of drug-likeness (QED) is 0.862. The van der Waals surface area contributed by atoms with Gasteiger partial charge in [-0.2, -0.15) is 0 Å². The summed E-state index contributed by atoms with van der Waals surface area (Å²) < 4.78 is 0. The Morgan fingerprint density at radius 2 is 1.24 bits per heavy atom. The van der Waals surface area contributed by atoms with Crippen LogP contribution in [0, 0.1) is 0 Å². The topological polar surface area (TPSA) is 15.3 Å². The molecule has 0 aromatic heterocycles. The third kappa shape index (κ3) is 2.59. The smallest absolute Gasteiger partial charge is 0.0361 e. The summed E-state index contributed by atoms with van der Waals surface area (Å²) >= 11 is 0. The largest absolute Gasteiger partial charge is 0.388 e. The van der Waals surface area contributed by atoms with Gasteiger partial charge in [0.15, 0.2) is 0 Å². The number of anilines is 2. The first kappa shape index (κ1) is 11.5. The van der Waals surface area contributed by atoms with Crippen molar-refractivity contribution < 1.29 is 0 Å². The van der Waals surface area contributed by atoms with Gasteiger partial charge in [0.25, 0.3) is 0 Å². The molecule has 0 aliphatic heterocycles. The average Bonchev–Trinajstić information content (AvgIpc) is 2.39. The molecule has 0 aliphatic carbocycles. The number of nitrogens with one attached hydrogen (secondary N) is 1. The van der Waals surface area contributed by atoms with E-state index in [0.717, 1.165) is 5.69 Å². The third-order valence-electron chi connectivity index (χ3n) is 2.89. The minimum atomic E-state index is 1.14. The molecule has 1 N–H and O–H groups in total. The summed E-state index contributed by atoms with van der Waals surface area (Å²) in [6.45, 7) is 0. The highest BCUT2D eigenvalue weighted by Gasteiger charge is 1.99. The predicted molar refractivity (Wildman–Crippen MR) is 75.8 cm³/mol. The monoisotopic (exact) mass is 226 g/mol. The molecule has 0 atom stereocenters. The van der Waals surface area contributed by atoms with Crippen LogP contribution in [-0.2, 0) is 0 Å². The number of benzene rings is 2. The SMILES string of the molecule is CNc1ccc(-c2ccc(N(C)C)cc2)cc1. The lowest BCUT2D eigenvalue weighted by molar-refractivity contribution is 1.13. The highest BCUT2D eigenvalue weighted by atomic mass is 15.1. The van der Waals surface area contributed by atoms with Crippen molar-refractivity contribution in [1.82, 2.24) is 0 Å². The van der Waals surface area contributed by atoms with Crippen LogP contribution < -0.4 is 10.2 Å². The zero-order chi connectivity index (χ0) is 12.3. The fraction of sp³-hybridized carbons (Fsp3) is 0.200. The summed E-state index contributed by atoms with van der Waals surface area (Å²) in [4.78, 5) is 2.11. The molecule has 0 unspecified atom stereocenters. The Kier molecular flexibility index (Phi) is 3.33. The Hall–Kier alpha value is -1.96. The Morgan fingerprint density at radius 3 is 1.65 bits per heavy atom. The van der Waals surface area contributed by atoms with Crippen LogP contribution in [0.2, 0.25) is 0 Å². The summed E-state index contributed by atoms with van der Waals surface area (Å²) in [5, 5.41) is 3.12. The van der Waals surface area contributed by atoms with E-state index in [4.69, 9.17) is 0 Å². The van der Waals surface area contributed by atoms with E-state index in [1.54, 1.807) is 0 Å². The minimum absolute atomic E-state index is 1.14. The maximum Gasteiger partial charge on any atom is 0.0361 e. The van der Waals surface area contributed by atoms with E-state index < -0.39 is 0 Å². The van der Waals surface area contributed by atoms with Gasteiger partial charge < -0.3 is 10.2 Å². The molecule has 2 aromatic carbocycles. The summed E-state index contributed by atoms with van der Waals surface area (Å²) in [7, 11) is 6.04. The van der Waals surface area contributed by atoms with Crippen LogP contribution >= 0.6 is 0 Å². The van der Waals surface area contributed by atoms with Gasteiger partial charge in [-0.1, -0.05) is 24.3 Å². The molecule has 0 aliphatic rings. The molecule has 0 radical (unpaired) electrons. The van der Waals surface area contributed by atoms with Gasteiger partial charge in [-0.3, -0.25) is 0 Å².